The van der Waals surface area contributed by atoms with E-state index in [9.17, 15) is 18.0 Å². The van der Waals surface area contributed by atoms with E-state index in [2.05, 4.69) is 25.6 Å². The average Bonchev–Trinajstić information content (AvgIpc) is 3.36. The summed E-state index contributed by atoms with van der Waals surface area (Å²) in [6, 6.07) is 16.6. The number of carbonyl (C=O) groups is 1. The average molecular weight is 534 g/mol. The monoisotopic (exact) mass is 533 g/mol. The molecule has 8 nitrogen and oxygen atoms in total. The zero-order chi connectivity index (χ0) is 27.6. The van der Waals surface area contributed by atoms with E-state index in [4.69, 9.17) is 9.47 Å². The van der Waals surface area contributed by atoms with Crippen LogP contribution in [0.5, 0.6) is 11.5 Å². The number of rotatable bonds is 7. The van der Waals surface area contributed by atoms with Gasteiger partial charge in [-0.2, -0.15) is 18.2 Å². The Labute approximate surface area is 220 Å². The fraction of sp³-hybridized carbons (Fsp3) is 0.107. The second-order valence-corrected chi connectivity index (χ2v) is 8.46. The van der Waals surface area contributed by atoms with Gasteiger partial charge < -0.3 is 25.1 Å². The van der Waals surface area contributed by atoms with Gasteiger partial charge in [-0.25, -0.2) is 4.98 Å². The van der Waals surface area contributed by atoms with Gasteiger partial charge in [0.2, 0.25) is 5.95 Å². The summed E-state index contributed by atoms with van der Waals surface area (Å²) in [5.74, 6) is 0.925. The standard InChI is InChI=1S/C28H22F3N5O3/c1-38-23-11-10-20(13-24(23)39-2)35-27-33-15-22-21(14-32-25(22)36-27)16-6-8-19(9-7-16)34-26(37)17-4-3-5-18(12-17)28(29,30)31/h3-15H,1-2H3,(H,34,37)(H2,32,33,35,36). The molecule has 2 heterocycles. The number of hydrogen-bond donors (Lipinski definition) is 3. The Morgan fingerprint density at radius 3 is 2.38 bits per heavy atom. The summed E-state index contributed by atoms with van der Waals surface area (Å²) in [4.78, 5) is 24.6. The third kappa shape index (κ3) is 5.47. The fourth-order valence-corrected chi connectivity index (χ4v) is 4.02. The lowest BCUT2D eigenvalue weighted by Crippen LogP contribution is -2.13. The minimum Gasteiger partial charge on any atom is -0.493 e. The number of nitrogens with one attached hydrogen (secondary N) is 3. The number of aromatic nitrogens is 3. The van der Waals surface area contributed by atoms with Crippen molar-refractivity contribution in [3.63, 3.8) is 0 Å². The molecule has 5 aromatic rings. The van der Waals surface area contributed by atoms with Crippen LogP contribution in [-0.4, -0.2) is 35.1 Å². The maximum absolute atomic E-state index is 13.0. The number of anilines is 3. The number of hydrogen-bond acceptors (Lipinski definition) is 6. The van der Waals surface area contributed by atoms with E-state index in [0.29, 0.717) is 28.8 Å². The number of amides is 1. The van der Waals surface area contributed by atoms with Gasteiger partial charge in [-0.05, 0) is 48.0 Å². The highest BCUT2D eigenvalue weighted by atomic mass is 19.4. The first kappa shape index (κ1) is 25.6. The number of H-pyrrole nitrogens is 1. The molecule has 11 heteroatoms. The quantitative estimate of drug-likeness (QED) is 0.216. The topological polar surface area (TPSA) is 101 Å². The SMILES string of the molecule is COc1ccc(Nc2ncc3c(-c4ccc(NC(=O)c5cccc(C(F)(F)F)c5)cc4)c[nH]c3n2)cc1OC. The van der Waals surface area contributed by atoms with Crippen LogP contribution in [0.4, 0.5) is 30.5 Å². The zero-order valence-electron chi connectivity index (χ0n) is 20.8. The highest BCUT2D eigenvalue weighted by molar-refractivity contribution is 6.04. The number of aromatic amines is 1. The van der Waals surface area contributed by atoms with Gasteiger partial charge in [0, 0.05) is 46.3 Å². The molecule has 2 aromatic heterocycles. The number of carbonyl (C=O) groups excluding carboxylic acids is 1. The first-order valence-corrected chi connectivity index (χ1v) is 11.7. The van der Waals surface area contributed by atoms with Crippen molar-refractivity contribution in [2.75, 3.05) is 24.9 Å². The first-order chi connectivity index (χ1) is 18.7. The smallest absolute Gasteiger partial charge is 0.416 e. The Morgan fingerprint density at radius 1 is 0.923 bits per heavy atom. The molecule has 0 bridgehead atoms. The van der Waals surface area contributed by atoms with Crippen molar-refractivity contribution in [3.05, 3.63) is 90.3 Å². The van der Waals surface area contributed by atoms with Crippen LogP contribution in [0.3, 0.4) is 0 Å². The van der Waals surface area contributed by atoms with Gasteiger partial charge in [-0.3, -0.25) is 4.79 Å². The van der Waals surface area contributed by atoms with Crippen LogP contribution in [0, 0.1) is 0 Å². The maximum atomic E-state index is 13.0. The molecule has 0 aliphatic heterocycles. The lowest BCUT2D eigenvalue weighted by atomic mass is 10.1. The van der Waals surface area contributed by atoms with Crippen molar-refractivity contribution in [2.24, 2.45) is 0 Å². The highest BCUT2D eigenvalue weighted by Gasteiger charge is 2.30. The van der Waals surface area contributed by atoms with Crippen molar-refractivity contribution in [1.82, 2.24) is 15.0 Å². The Balaban J connectivity index is 1.31. The molecule has 1 amide bonds. The zero-order valence-corrected chi connectivity index (χ0v) is 20.8. The predicted octanol–water partition coefficient (Wildman–Crippen LogP) is 6.66. The third-order valence-corrected chi connectivity index (χ3v) is 5.98. The van der Waals surface area contributed by atoms with Crippen LogP contribution in [0.2, 0.25) is 0 Å². The third-order valence-electron chi connectivity index (χ3n) is 5.98. The molecule has 0 saturated carbocycles. The van der Waals surface area contributed by atoms with E-state index in [1.807, 2.05) is 6.07 Å². The summed E-state index contributed by atoms with van der Waals surface area (Å²) in [5, 5.41) is 6.56. The molecule has 3 aromatic carbocycles. The largest absolute Gasteiger partial charge is 0.493 e. The summed E-state index contributed by atoms with van der Waals surface area (Å²) in [6.45, 7) is 0. The lowest BCUT2D eigenvalue weighted by molar-refractivity contribution is -0.137. The van der Waals surface area contributed by atoms with Crippen LogP contribution in [0.25, 0.3) is 22.2 Å². The normalized spacial score (nSPS) is 11.3. The van der Waals surface area contributed by atoms with Gasteiger partial charge in [0.15, 0.2) is 11.5 Å². The van der Waals surface area contributed by atoms with Crippen LogP contribution in [0.15, 0.2) is 79.1 Å². The van der Waals surface area contributed by atoms with Gasteiger partial charge in [0.1, 0.15) is 5.65 Å². The molecule has 0 aliphatic carbocycles. The van der Waals surface area contributed by atoms with Crippen molar-refractivity contribution >= 4 is 34.3 Å². The summed E-state index contributed by atoms with van der Waals surface area (Å²) in [6.07, 6.45) is -1.03. The molecule has 0 aliphatic rings. The van der Waals surface area contributed by atoms with Crippen LogP contribution < -0.4 is 20.1 Å². The van der Waals surface area contributed by atoms with Gasteiger partial charge in [0.05, 0.1) is 19.8 Å². The number of benzene rings is 3. The van der Waals surface area contributed by atoms with Gasteiger partial charge in [-0.1, -0.05) is 18.2 Å². The summed E-state index contributed by atoms with van der Waals surface area (Å²) in [5.41, 5.74) is 2.50. The molecule has 39 heavy (non-hydrogen) atoms. The van der Waals surface area contributed by atoms with E-state index >= 15 is 0 Å². The van der Waals surface area contributed by atoms with E-state index in [-0.39, 0.29) is 5.56 Å². The number of methoxy groups -OCH3 is 2. The van der Waals surface area contributed by atoms with Crippen LogP contribution in [0.1, 0.15) is 15.9 Å². The number of halogens is 3. The highest BCUT2D eigenvalue weighted by Crippen LogP contribution is 2.33. The number of alkyl halides is 3. The molecule has 0 fully saturated rings. The molecular weight excluding hydrogens is 511 g/mol. The van der Waals surface area contributed by atoms with E-state index in [1.54, 1.807) is 63.0 Å². The molecule has 198 valence electrons. The van der Waals surface area contributed by atoms with Crippen LogP contribution >= 0.6 is 0 Å². The molecule has 3 N–H and O–H groups in total. The first-order valence-electron chi connectivity index (χ1n) is 11.7. The fourth-order valence-electron chi connectivity index (χ4n) is 4.02. The summed E-state index contributed by atoms with van der Waals surface area (Å²) >= 11 is 0. The van der Waals surface area contributed by atoms with Crippen molar-refractivity contribution in [2.45, 2.75) is 6.18 Å². The van der Waals surface area contributed by atoms with E-state index in [1.165, 1.54) is 12.1 Å². The minimum atomic E-state index is -4.53. The molecule has 0 saturated heterocycles. The Morgan fingerprint density at radius 2 is 1.67 bits per heavy atom. The molecule has 5 rings (SSSR count). The summed E-state index contributed by atoms with van der Waals surface area (Å²) in [7, 11) is 3.12. The van der Waals surface area contributed by atoms with Gasteiger partial charge in [-0.15, -0.1) is 0 Å². The molecule has 0 spiro atoms. The van der Waals surface area contributed by atoms with Crippen molar-refractivity contribution in [1.29, 1.82) is 0 Å². The Bertz CT molecular complexity index is 1650. The Kier molecular flexibility index (Phi) is 6.80. The molecule has 0 unspecified atom stereocenters. The second-order valence-electron chi connectivity index (χ2n) is 8.46. The van der Waals surface area contributed by atoms with Crippen molar-refractivity contribution < 1.29 is 27.4 Å². The molecule has 0 radical (unpaired) electrons. The molecule has 0 atom stereocenters. The van der Waals surface area contributed by atoms with E-state index < -0.39 is 17.6 Å². The maximum Gasteiger partial charge on any atom is 0.416 e. The predicted molar refractivity (Wildman–Crippen MR) is 142 cm³/mol. The number of nitrogens with zero attached hydrogens (tertiary/aromatic N) is 2. The molecular formula is C28H22F3N5O3. The van der Waals surface area contributed by atoms with Crippen molar-refractivity contribution in [3.8, 4) is 22.6 Å². The number of ether oxygens (including phenoxy) is 2. The lowest BCUT2D eigenvalue weighted by Gasteiger charge is -2.10. The summed E-state index contributed by atoms with van der Waals surface area (Å²) < 4.78 is 49.5. The van der Waals surface area contributed by atoms with E-state index in [0.717, 1.165) is 34.3 Å². The van der Waals surface area contributed by atoms with Crippen LogP contribution in [-0.2, 0) is 6.18 Å². The van der Waals surface area contributed by atoms with Gasteiger partial charge in [0.25, 0.3) is 5.91 Å². The van der Waals surface area contributed by atoms with Gasteiger partial charge >= 0.3 is 6.18 Å². The Hall–Kier alpha value is -5.06. The number of fused-ring (bicyclic) bond motifs is 1. The minimum absolute atomic E-state index is 0.0832. The second kappa shape index (κ2) is 10.4.